The van der Waals surface area contributed by atoms with Crippen molar-refractivity contribution in [1.82, 2.24) is 0 Å². The first kappa shape index (κ1) is 27.4. The van der Waals surface area contributed by atoms with E-state index < -0.39 is 56.2 Å². The normalized spacial score (nSPS) is 26.0. The summed E-state index contributed by atoms with van der Waals surface area (Å²) in [7, 11) is -3.31. The van der Waals surface area contributed by atoms with Gasteiger partial charge in [0.1, 0.15) is 34.0 Å². The van der Waals surface area contributed by atoms with E-state index in [1.54, 1.807) is 31.2 Å². The van der Waals surface area contributed by atoms with E-state index in [1.165, 1.54) is 20.8 Å². The molecular formula is C28H28N2O9S. The predicted octanol–water partition coefficient (Wildman–Crippen LogP) is 2.25. The zero-order chi connectivity index (χ0) is 29.3. The summed E-state index contributed by atoms with van der Waals surface area (Å²) < 4.78 is 29.3. The Bertz CT molecular complexity index is 1670. The number of aliphatic hydroxyl groups excluding tert-OH is 1. The minimum atomic E-state index is -3.31. The van der Waals surface area contributed by atoms with Crippen LogP contribution in [0.1, 0.15) is 42.3 Å². The van der Waals surface area contributed by atoms with E-state index in [4.69, 9.17) is 4.74 Å². The average molecular weight is 569 g/mol. The number of ketones is 3. The SMILES string of the molecule is CC(=O)c1c(O)c(C)c(O)c2c1OC1=CC(=O)C(=C(C)Nc3ccc(NC4CS(=O)(=O)CC4O)cc3)C(=O)[C@@]12C. The van der Waals surface area contributed by atoms with Gasteiger partial charge in [0.25, 0.3) is 0 Å². The third-order valence-electron chi connectivity index (χ3n) is 7.65. The van der Waals surface area contributed by atoms with Gasteiger partial charge in [-0.25, -0.2) is 8.42 Å². The highest BCUT2D eigenvalue weighted by atomic mass is 32.2. The molecule has 210 valence electrons. The van der Waals surface area contributed by atoms with Crippen LogP contribution in [0.5, 0.6) is 17.2 Å². The molecule has 1 aliphatic carbocycles. The van der Waals surface area contributed by atoms with Gasteiger partial charge in [-0.15, -0.1) is 0 Å². The number of rotatable bonds is 5. The van der Waals surface area contributed by atoms with Crippen LogP contribution in [0.25, 0.3) is 0 Å². The Balaban J connectivity index is 1.46. The fraction of sp³-hybridized carbons (Fsp3) is 0.321. The number of hydrogen-bond acceptors (Lipinski definition) is 11. The number of allylic oxidation sites excluding steroid dienone is 4. The number of Topliss-reactive ketones (excluding diaryl/α,β-unsaturated/α-hetero) is 2. The number of sulfone groups is 1. The lowest BCUT2D eigenvalue weighted by Crippen LogP contribution is -2.40. The molecule has 0 radical (unpaired) electrons. The molecular weight excluding hydrogens is 540 g/mol. The van der Waals surface area contributed by atoms with Gasteiger partial charge in [-0.2, -0.15) is 0 Å². The maximum atomic E-state index is 13.9. The van der Waals surface area contributed by atoms with Crippen LogP contribution in [-0.4, -0.2) is 64.7 Å². The Hall–Kier alpha value is -4.16. The Morgan fingerprint density at radius 1 is 1.05 bits per heavy atom. The molecule has 0 aromatic heterocycles. The molecule has 2 heterocycles. The van der Waals surface area contributed by atoms with Crippen LogP contribution < -0.4 is 15.4 Å². The summed E-state index contributed by atoms with van der Waals surface area (Å²) >= 11 is 0. The van der Waals surface area contributed by atoms with E-state index in [0.29, 0.717) is 11.4 Å². The number of nitrogens with one attached hydrogen (secondary N) is 2. The van der Waals surface area contributed by atoms with Crippen molar-refractivity contribution in [3.05, 3.63) is 64.1 Å². The molecule has 0 amide bonds. The lowest BCUT2D eigenvalue weighted by atomic mass is 9.70. The predicted molar refractivity (Wildman–Crippen MR) is 145 cm³/mol. The topological polar surface area (TPSA) is 179 Å². The second-order valence-electron chi connectivity index (χ2n) is 10.5. The molecule has 5 N–H and O–H groups in total. The second kappa shape index (κ2) is 9.20. The fourth-order valence-corrected chi connectivity index (χ4v) is 7.21. The minimum Gasteiger partial charge on any atom is -0.507 e. The Morgan fingerprint density at radius 2 is 1.68 bits per heavy atom. The summed E-state index contributed by atoms with van der Waals surface area (Å²) in [5, 5.41) is 37.5. The monoisotopic (exact) mass is 568 g/mol. The van der Waals surface area contributed by atoms with Crippen LogP contribution in [0.15, 0.2) is 47.4 Å². The summed E-state index contributed by atoms with van der Waals surface area (Å²) in [4.78, 5) is 39.3. The Labute approximate surface area is 230 Å². The van der Waals surface area contributed by atoms with Crippen molar-refractivity contribution in [1.29, 1.82) is 0 Å². The van der Waals surface area contributed by atoms with Crippen molar-refractivity contribution in [3.63, 3.8) is 0 Å². The molecule has 2 aromatic carbocycles. The molecule has 2 aliphatic heterocycles. The largest absolute Gasteiger partial charge is 0.507 e. The third-order valence-corrected chi connectivity index (χ3v) is 9.37. The molecule has 5 rings (SSSR count). The molecule has 12 heteroatoms. The molecule has 0 bridgehead atoms. The number of phenolic OH excluding ortho intramolecular Hbond substituents is 2. The highest BCUT2D eigenvalue weighted by Crippen LogP contribution is 2.57. The van der Waals surface area contributed by atoms with Gasteiger partial charge in [0.2, 0.25) is 0 Å². The minimum absolute atomic E-state index is 0.00796. The Morgan fingerprint density at radius 3 is 2.25 bits per heavy atom. The van der Waals surface area contributed by atoms with Gasteiger partial charge in [0, 0.05) is 28.7 Å². The van der Waals surface area contributed by atoms with Crippen molar-refractivity contribution in [2.75, 3.05) is 22.1 Å². The molecule has 3 atom stereocenters. The maximum absolute atomic E-state index is 13.9. The lowest BCUT2D eigenvalue weighted by molar-refractivity contribution is -0.123. The zero-order valence-electron chi connectivity index (χ0n) is 22.2. The number of anilines is 2. The number of fused-ring (bicyclic) bond motifs is 3. The van der Waals surface area contributed by atoms with E-state index in [9.17, 15) is 38.1 Å². The molecule has 0 spiro atoms. The van der Waals surface area contributed by atoms with E-state index in [2.05, 4.69) is 10.6 Å². The van der Waals surface area contributed by atoms with E-state index in [1.807, 2.05) is 0 Å². The standard InChI is InChI=1S/C28H28N2O9S/c1-12-24(34)22(14(3)31)26-23(25(12)35)28(4)20(39-26)9-18(32)21(27(28)36)13(2)29-15-5-7-16(8-6-15)30-17-10-40(37,38)11-19(17)33/h5-9,17,19,29-30,33-35H,10-11H2,1-4H3/t17?,19?,28-/m0/s1. The highest BCUT2D eigenvalue weighted by Gasteiger charge is 2.56. The number of carbonyl (C=O) groups excluding carboxylic acids is 3. The first-order valence-corrected chi connectivity index (χ1v) is 14.3. The van der Waals surface area contributed by atoms with Crippen LogP contribution >= 0.6 is 0 Å². The van der Waals surface area contributed by atoms with E-state index in [-0.39, 0.29) is 51.0 Å². The van der Waals surface area contributed by atoms with Gasteiger partial charge in [0.15, 0.2) is 27.2 Å². The van der Waals surface area contributed by atoms with Crippen molar-refractivity contribution in [2.24, 2.45) is 0 Å². The van der Waals surface area contributed by atoms with Gasteiger partial charge in [0.05, 0.1) is 34.8 Å². The highest BCUT2D eigenvalue weighted by molar-refractivity contribution is 7.91. The van der Waals surface area contributed by atoms with Crippen molar-refractivity contribution >= 4 is 38.6 Å². The molecule has 40 heavy (non-hydrogen) atoms. The summed E-state index contributed by atoms with van der Waals surface area (Å²) in [5.41, 5.74) is -0.606. The van der Waals surface area contributed by atoms with Crippen LogP contribution in [0.4, 0.5) is 11.4 Å². The van der Waals surface area contributed by atoms with Gasteiger partial charge in [-0.05, 0) is 52.0 Å². The molecule has 1 fully saturated rings. The fourth-order valence-electron chi connectivity index (χ4n) is 5.47. The van der Waals surface area contributed by atoms with Crippen molar-refractivity contribution in [3.8, 4) is 17.2 Å². The number of carbonyl (C=O) groups is 3. The number of aromatic hydroxyl groups is 2. The molecule has 0 saturated carbocycles. The smallest absolute Gasteiger partial charge is 0.194 e. The van der Waals surface area contributed by atoms with Gasteiger partial charge < -0.3 is 30.7 Å². The first-order valence-electron chi connectivity index (χ1n) is 12.5. The van der Waals surface area contributed by atoms with Crippen molar-refractivity contribution in [2.45, 2.75) is 45.3 Å². The lowest BCUT2D eigenvalue weighted by Gasteiger charge is -2.29. The summed E-state index contributed by atoms with van der Waals surface area (Å²) in [6, 6.07) is 6.02. The van der Waals surface area contributed by atoms with Crippen LogP contribution in [0, 0.1) is 6.92 Å². The molecule has 1 saturated heterocycles. The maximum Gasteiger partial charge on any atom is 0.194 e. The first-order chi connectivity index (χ1) is 18.7. The number of ether oxygens (including phenoxy) is 1. The van der Waals surface area contributed by atoms with Gasteiger partial charge in [-0.3, -0.25) is 14.4 Å². The average Bonchev–Trinajstić information content (AvgIpc) is 3.30. The van der Waals surface area contributed by atoms with Crippen LogP contribution in [0.2, 0.25) is 0 Å². The number of benzene rings is 2. The van der Waals surface area contributed by atoms with Gasteiger partial charge >= 0.3 is 0 Å². The summed E-state index contributed by atoms with van der Waals surface area (Å²) in [5.74, 6) is -3.35. The van der Waals surface area contributed by atoms with Crippen LogP contribution in [-0.2, 0) is 24.8 Å². The molecule has 2 unspecified atom stereocenters. The Kier molecular flexibility index (Phi) is 6.31. The van der Waals surface area contributed by atoms with Crippen molar-refractivity contribution < 1.29 is 42.9 Å². The molecule has 11 nitrogen and oxygen atoms in total. The van der Waals surface area contributed by atoms with E-state index in [0.717, 1.165) is 6.08 Å². The molecule has 3 aliphatic rings. The quantitative estimate of drug-likeness (QED) is 0.203. The van der Waals surface area contributed by atoms with Crippen LogP contribution in [0.3, 0.4) is 0 Å². The number of aliphatic hydroxyl groups is 1. The van der Waals surface area contributed by atoms with E-state index >= 15 is 0 Å². The summed E-state index contributed by atoms with van der Waals surface area (Å²) in [6.45, 7) is 5.68. The number of phenols is 2. The summed E-state index contributed by atoms with van der Waals surface area (Å²) in [6.07, 6.45) is 0.131. The second-order valence-corrected chi connectivity index (χ2v) is 12.6. The number of hydrogen-bond donors (Lipinski definition) is 5. The third kappa shape index (κ3) is 4.14. The zero-order valence-corrected chi connectivity index (χ0v) is 23.0. The molecule has 2 aromatic rings. The van der Waals surface area contributed by atoms with Gasteiger partial charge in [-0.1, -0.05) is 0 Å².